The standard InChI is InChI=1S/C14H18N2O6S/c1-9(23-7-6-13(17)22-3)14(18)15-11-8-10(16(19)20)4-5-12(11)21-2/h4-5,8-9H,6-7H2,1-3H3,(H,15,18)/t9-/m1/s1. The first kappa shape index (κ1) is 18.8. The van der Waals surface area contributed by atoms with E-state index in [1.807, 2.05) is 0 Å². The largest absolute Gasteiger partial charge is 0.495 e. The minimum absolute atomic E-state index is 0.146. The van der Waals surface area contributed by atoms with Crippen molar-refractivity contribution in [1.29, 1.82) is 0 Å². The van der Waals surface area contributed by atoms with Crippen molar-refractivity contribution < 1.29 is 24.0 Å². The minimum atomic E-state index is -0.552. The zero-order valence-corrected chi connectivity index (χ0v) is 13.8. The van der Waals surface area contributed by atoms with E-state index in [1.165, 1.54) is 44.2 Å². The van der Waals surface area contributed by atoms with Gasteiger partial charge in [0.05, 0.1) is 36.5 Å². The van der Waals surface area contributed by atoms with E-state index in [2.05, 4.69) is 10.1 Å². The van der Waals surface area contributed by atoms with Crippen LogP contribution in [0.5, 0.6) is 5.75 Å². The van der Waals surface area contributed by atoms with Crippen molar-refractivity contribution >= 4 is 35.0 Å². The van der Waals surface area contributed by atoms with Gasteiger partial charge in [-0.05, 0) is 13.0 Å². The van der Waals surface area contributed by atoms with Crippen LogP contribution in [0, 0.1) is 10.1 Å². The number of hydrogen-bond acceptors (Lipinski definition) is 7. The highest BCUT2D eigenvalue weighted by Crippen LogP contribution is 2.29. The molecular formula is C14H18N2O6S. The molecule has 0 saturated carbocycles. The van der Waals surface area contributed by atoms with Gasteiger partial charge in [0, 0.05) is 17.9 Å². The van der Waals surface area contributed by atoms with Crippen LogP contribution in [0.1, 0.15) is 13.3 Å². The predicted octanol–water partition coefficient (Wildman–Crippen LogP) is 2.23. The summed E-state index contributed by atoms with van der Waals surface area (Å²) in [5, 5.41) is 13.0. The monoisotopic (exact) mass is 342 g/mol. The normalized spacial score (nSPS) is 11.4. The topological polar surface area (TPSA) is 108 Å². The Morgan fingerprint density at radius 3 is 2.65 bits per heavy atom. The number of nitro benzene ring substituents is 1. The summed E-state index contributed by atoms with van der Waals surface area (Å²) in [4.78, 5) is 33.4. The number of nitrogens with one attached hydrogen (secondary N) is 1. The molecule has 1 rings (SSSR count). The Hall–Kier alpha value is -2.29. The second-order valence-corrected chi connectivity index (χ2v) is 5.92. The van der Waals surface area contributed by atoms with Crippen LogP contribution in [-0.4, -0.2) is 42.0 Å². The molecule has 0 heterocycles. The quantitative estimate of drug-likeness (QED) is 0.438. The number of carbonyl (C=O) groups is 2. The third-order valence-electron chi connectivity index (χ3n) is 2.92. The van der Waals surface area contributed by atoms with Crippen LogP contribution in [0.25, 0.3) is 0 Å². The number of amides is 1. The molecule has 1 aromatic rings. The van der Waals surface area contributed by atoms with Crippen molar-refractivity contribution in [2.24, 2.45) is 0 Å². The minimum Gasteiger partial charge on any atom is -0.495 e. The zero-order valence-electron chi connectivity index (χ0n) is 13.0. The van der Waals surface area contributed by atoms with E-state index in [-0.39, 0.29) is 29.7 Å². The molecule has 0 aliphatic carbocycles. The molecule has 1 amide bonds. The van der Waals surface area contributed by atoms with Gasteiger partial charge in [0.15, 0.2) is 0 Å². The number of hydrogen-bond donors (Lipinski definition) is 1. The molecule has 0 unspecified atom stereocenters. The predicted molar refractivity (Wildman–Crippen MR) is 86.8 cm³/mol. The fourth-order valence-electron chi connectivity index (χ4n) is 1.64. The number of nitrogens with zero attached hydrogens (tertiary/aromatic N) is 1. The molecule has 126 valence electrons. The Morgan fingerprint density at radius 1 is 1.39 bits per heavy atom. The van der Waals surface area contributed by atoms with Crippen molar-refractivity contribution in [3.63, 3.8) is 0 Å². The third-order valence-corrected chi connectivity index (χ3v) is 4.08. The van der Waals surface area contributed by atoms with E-state index < -0.39 is 10.2 Å². The number of nitro groups is 1. The Kier molecular flexibility index (Phi) is 7.33. The number of esters is 1. The van der Waals surface area contributed by atoms with Gasteiger partial charge in [0.1, 0.15) is 5.75 Å². The first-order valence-corrected chi connectivity index (χ1v) is 7.75. The molecule has 1 N–H and O–H groups in total. The highest BCUT2D eigenvalue weighted by atomic mass is 32.2. The number of ether oxygens (including phenoxy) is 2. The molecule has 23 heavy (non-hydrogen) atoms. The number of thioether (sulfide) groups is 1. The average molecular weight is 342 g/mol. The fourth-order valence-corrected chi connectivity index (χ4v) is 2.49. The summed E-state index contributed by atoms with van der Waals surface area (Å²) in [5.41, 5.74) is 0.0826. The van der Waals surface area contributed by atoms with Gasteiger partial charge in [-0.3, -0.25) is 19.7 Å². The first-order valence-electron chi connectivity index (χ1n) is 6.70. The second kappa shape index (κ2) is 8.99. The molecule has 0 bridgehead atoms. The van der Waals surface area contributed by atoms with Crippen molar-refractivity contribution in [2.75, 3.05) is 25.3 Å². The van der Waals surface area contributed by atoms with Gasteiger partial charge in [-0.2, -0.15) is 0 Å². The van der Waals surface area contributed by atoms with E-state index in [9.17, 15) is 19.7 Å². The number of anilines is 1. The van der Waals surface area contributed by atoms with Gasteiger partial charge < -0.3 is 14.8 Å². The van der Waals surface area contributed by atoms with Crippen molar-refractivity contribution in [1.82, 2.24) is 0 Å². The summed E-state index contributed by atoms with van der Waals surface area (Å²) in [6, 6.07) is 3.95. The van der Waals surface area contributed by atoms with E-state index in [0.29, 0.717) is 11.5 Å². The lowest BCUT2D eigenvalue weighted by Crippen LogP contribution is -2.23. The van der Waals surface area contributed by atoms with Gasteiger partial charge >= 0.3 is 5.97 Å². The number of rotatable bonds is 8. The molecule has 0 aliphatic heterocycles. The Bertz CT molecular complexity index is 593. The van der Waals surface area contributed by atoms with Gasteiger partial charge in [-0.1, -0.05) is 0 Å². The Morgan fingerprint density at radius 2 is 2.09 bits per heavy atom. The summed E-state index contributed by atoms with van der Waals surface area (Å²) < 4.78 is 9.60. The molecular weight excluding hydrogens is 324 g/mol. The van der Waals surface area contributed by atoms with Gasteiger partial charge in [-0.25, -0.2) is 0 Å². The number of carbonyl (C=O) groups excluding carboxylic acids is 2. The highest BCUT2D eigenvalue weighted by Gasteiger charge is 2.18. The van der Waals surface area contributed by atoms with Crippen LogP contribution in [0.2, 0.25) is 0 Å². The molecule has 0 radical (unpaired) electrons. The molecule has 0 spiro atoms. The molecule has 1 aromatic carbocycles. The van der Waals surface area contributed by atoms with E-state index >= 15 is 0 Å². The van der Waals surface area contributed by atoms with Crippen LogP contribution < -0.4 is 10.1 Å². The van der Waals surface area contributed by atoms with E-state index in [0.717, 1.165) is 0 Å². The summed E-state index contributed by atoms with van der Waals surface area (Å²) in [6.45, 7) is 1.68. The summed E-state index contributed by atoms with van der Waals surface area (Å²) in [6.07, 6.45) is 0.207. The SMILES string of the molecule is COC(=O)CCS[C@H](C)C(=O)Nc1cc([N+](=O)[O-])ccc1OC. The Balaban J connectivity index is 2.70. The summed E-state index contributed by atoms with van der Waals surface area (Å²) >= 11 is 1.28. The van der Waals surface area contributed by atoms with Crippen LogP contribution in [0.3, 0.4) is 0 Å². The molecule has 0 aromatic heterocycles. The van der Waals surface area contributed by atoms with E-state index in [4.69, 9.17) is 4.74 Å². The number of non-ortho nitro benzene ring substituents is 1. The second-order valence-electron chi connectivity index (χ2n) is 4.47. The maximum atomic E-state index is 12.1. The van der Waals surface area contributed by atoms with Crippen molar-refractivity contribution in [2.45, 2.75) is 18.6 Å². The van der Waals surface area contributed by atoms with Crippen LogP contribution >= 0.6 is 11.8 Å². The average Bonchev–Trinajstić information content (AvgIpc) is 2.54. The fraction of sp³-hybridized carbons (Fsp3) is 0.429. The van der Waals surface area contributed by atoms with E-state index in [1.54, 1.807) is 6.92 Å². The van der Waals surface area contributed by atoms with Crippen molar-refractivity contribution in [3.8, 4) is 5.75 Å². The van der Waals surface area contributed by atoms with Crippen molar-refractivity contribution in [3.05, 3.63) is 28.3 Å². The molecule has 0 fully saturated rings. The van der Waals surface area contributed by atoms with Gasteiger partial charge in [-0.15, -0.1) is 11.8 Å². The zero-order chi connectivity index (χ0) is 17.4. The van der Waals surface area contributed by atoms with Crippen LogP contribution in [0.4, 0.5) is 11.4 Å². The third kappa shape index (κ3) is 5.78. The molecule has 0 aliphatic rings. The highest BCUT2D eigenvalue weighted by molar-refractivity contribution is 8.00. The number of methoxy groups -OCH3 is 2. The number of benzene rings is 1. The summed E-state index contributed by atoms with van der Waals surface area (Å²) in [7, 11) is 2.71. The summed E-state index contributed by atoms with van der Waals surface area (Å²) in [5.74, 6) is 0.0905. The Labute approximate surface area is 137 Å². The van der Waals surface area contributed by atoms with Crippen LogP contribution in [0.15, 0.2) is 18.2 Å². The smallest absolute Gasteiger partial charge is 0.306 e. The molecule has 8 nitrogen and oxygen atoms in total. The maximum Gasteiger partial charge on any atom is 0.306 e. The lowest BCUT2D eigenvalue weighted by Gasteiger charge is -2.14. The molecule has 0 saturated heterocycles. The first-order chi connectivity index (χ1) is 10.9. The van der Waals surface area contributed by atoms with Crippen LogP contribution in [-0.2, 0) is 14.3 Å². The maximum absolute atomic E-state index is 12.1. The molecule has 9 heteroatoms. The lowest BCUT2D eigenvalue weighted by atomic mass is 10.2. The molecule has 1 atom stereocenters. The lowest BCUT2D eigenvalue weighted by molar-refractivity contribution is -0.384. The van der Waals surface area contributed by atoms with Gasteiger partial charge in [0.2, 0.25) is 5.91 Å². The van der Waals surface area contributed by atoms with Gasteiger partial charge in [0.25, 0.3) is 5.69 Å².